The summed E-state index contributed by atoms with van der Waals surface area (Å²) < 4.78 is 0. The van der Waals surface area contributed by atoms with Crippen LogP contribution >= 0.6 is 12.2 Å². The molecule has 1 saturated heterocycles. The minimum atomic E-state index is -0.236. The fourth-order valence-electron chi connectivity index (χ4n) is 4.16. The van der Waals surface area contributed by atoms with E-state index in [9.17, 15) is 9.59 Å². The number of para-hydroxylation sites is 2. The van der Waals surface area contributed by atoms with Crippen molar-refractivity contribution in [2.75, 3.05) is 36.4 Å². The number of carbonyl (C=O) groups excluding carboxylic acids is 2. The summed E-state index contributed by atoms with van der Waals surface area (Å²) in [6.45, 7) is 6.59. The second-order valence-corrected chi connectivity index (χ2v) is 8.80. The Hall–Kier alpha value is -3.71. The van der Waals surface area contributed by atoms with Crippen molar-refractivity contribution in [3.05, 3.63) is 95.1 Å². The molecule has 174 valence electrons. The minimum absolute atomic E-state index is 0.0574. The van der Waals surface area contributed by atoms with Gasteiger partial charge in [0.05, 0.1) is 11.4 Å². The van der Waals surface area contributed by atoms with E-state index in [2.05, 4.69) is 15.5 Å². The van der Waals surface area contributed by atoms with Crippen LogP contribution < -0.4 is 15.5 Å². The summed E-state index contributed by atoms with van der Waals surface area (Å²) in [5.74, 6) is -0.178. The summed E-state index contributed by atoms with van der Waals surface area (Å²) in [4.78, 5) is 29.6. The first-order valence-electron chi connectivity index (χ1n) is 11.3. The van der Waals surface area contributed by atoms with E-state index in [1.165, 1.54) is 0 Å². The number of piperazine rings is 1. The van der Waals surface area contributed by atoms with Crippen molar-refractivity contribution in [1.29, 1.82) is 0 Å². The van der Waals surface area contributed by atoms with E-state index in [0.29, 0.717) is 37.3 Å². The molecule has 3 aromatic rings. The number of nitrogens with one attached hydrogen (secondary N) is 2. The largest absolute Gasteiger partial charge is 0.366 e. The number of anilines is 2. The van der Waals surface area contributed by atoms with E-state index in [0.717, 1.165) is 22.5 Å². The van der Waals surface area contributed by atoms with Crippen molar-refractivity contribution in [1.82, 2.24) is 10.2 Å². The summed E-state index contributed by atoms with van der Waals surface area (Å²) in [5, 5.41) is 6.21. The number of nitrogens with zero attached hydrogens (tertiary/aromatic N) is 2. The van der Waals surface area contributed by atoms with Crippen LogP contribution in [0.15, 0.2) is 72.8 Å². The van der Waals surface area contributed by atoms with Gasteiger partial charge in [0.15, 0.2) is 5.11 Å². The lowest BCUT2D eigenvalue weighted by Gasteiger charge is -2.37. The van der Waals surface area contributed by atoms with Gasteiger partial charge in [0.25, 0.3) is 11.8 Å². The molecule has 0 atom stereocenters. The number of benzene rings is 3. The minimum Gasteiger partial charge on any atom is -0.366 e. The topological polar surface area (TPSA) is 64.7 Å². The fourth-order valence-corrected chi connectivity index (χ4v) is 4.36. The Bertz CT molecular complexity index is 1200. The predicted molar refractivity (Wildman–Crippen MR) is 141 cm³/mol. The number of amides is 2. The van der Waals surface area contributed by atoms with E-state index in [1.54, 1.807) is 0 Å². The second-order valence-electron chi connectivity index (χ2n) is 8.39. The van der Waals surface area contributed by atoms with Gasteiger partial charge in [-0.15, -0.1) is 0 Å². The third-order valence-electron chi connectivity index (χ3n) is 5.93. The average Bonchev–Trinajstić information content (AvgIpc) is 2.84. The molecule has 0 bridgehead atoms. The molecule has 3 aromatic carbocycles. The molecule has 1 heterocycles. The van der Waals surface area contributed by atoms with Gasteiger partial charge in [-0.3, -0.25) is 14.9 Å². The van der Waals surface area contributed by atoms with E-state index in [4.69, 9.17) is 12.2 Å². The third kappa shape index (κ3) is 5.43. The van der Waals surface area contributed by atoms with Crippen molar-refractivity contribution >= 4 is 40.5 Å². The van der Waals surface area contributed by atoms with Gasteiger partial charge in [0, 0.05) is 37.3 Å². The van der Waals surface area contributed by atoms with Gasteiger partial charge in [0.2, 0.25) is 0 Å². The normalized spacial score (nSPS) is 13.4. The van der Waals surface area contributed by atoms with Gasteiger partial charge in [-0.25, -0.2) is 0 Å². The van der Waals surface area contributed by atoms with Gasteiger partial charge in [-0.05, 0) is 62.0 Å². The molecular formula is C27H28N4O2S. The highest BCUT2D eigenvalue weighted by Gasteiger charge is 2.23. The van der Waals surface area contributed by atoms with Crippen LogP contribution in [-0.4, -0.2) is 48.0 Å². The first-order chi connectivity index (χ1) is 16.4. The molecule has 7 heteroatoms. The number of hydrogen-bond acceptors (Lipinski definition) is 4. The van der Waals surface area contributed by atoms with Gasteiger partial charge in [0.1, 0.15) is 0 Å². The number of rotatable bonds is 4. The highest BCUT2D eigenvalue weighted by Crippen LogP contribution is 2.27. The Morgan fingerprint density at radius 2 is 1.53 bits per heavy atom. The van der Waals surface area contributed by atoms with Crippen LogP contribution in [0, 0.1) is 13.8 Å². The van der Waals surface area contributed by atoms with E-state index in [1.807, 2.05) is 91.5 Å². The summed E-state index contributed by atoms with van der Waals surface area (Å²) in [5.41, 5.74) is 5.12. The zero-order valence-electron chi connectivity index (χ0n) is 19.4. The molecule has 2 amide bonds. The highest BCUT2D eigenvalue weighted by molar-refractivity contribution is 7.80. The number of hydrogen-bond donors (Lipinski definition) is 2. The summed E-state index contributed by atoms with van der Waals surface area (Å²) in [6, 6.07) is 22.9. The van der Waals surface area contributed by atoms with Gasteiger partial charge in [-0.1, -0.05) is 48.0 Å². The van der Waals surface area contributed by atoms with Crippen molar-refractivity contribution in [3.63, 3.8) is 0 Å². The van der Waals surface area contributed by atoms with Gasteiger partial charge >= 0.3 is 0 Å². The molecular weight excluding hydrogens is 444 g/mol. The van der Waals surface area contributed by atoms with Crippen LogP contribution in [0.5, 0.6) is 0 Å². The lowest BCUT2D eigenvalue weighted by Crippen LogP contribution is -2.49. The lowest BCUT2D eigenvalue weighted by molar-refractivity contribution is 0.0746. The van der Waals surface area contributed by atoms with E-state index < -0.39 is 0 Å². The molecule has 1 aliphatic rings. The number of carbonyl (C=O) groups is 2. The zero-order chi connectivity index (χ0) is 24.1. The molecule has 4 rings (SSSR count). The Kier molecular flexibility index (Phi) is 7.23. The molecule has 1 aliphatic heterocycles. The monoisotopic (exact) mass is 472 g/mol. The van der Waals surface area contributed by atoms with Gasteiger partial charge in [-0.2, -0.15) is 0 Å². The van der Waals surface area contributed by atoms with E-state index in [-0.39, 0.29) is 16.9 Å². The molecule has 6 nitrogen and oxygen atoms in total. The summed E-state index contributed by atoms with van der Waals surface area (Å²) >= 11 is 5.43. The highest BCUT2D eigenvalue weighted by atomic mass is 32.1. The van der Waals surface area contributed by atoms with E-state index >= 15 is 0 Å². The van der Waals surface area contributed by atoms with Crippen LogP contribution in [0.25, 0.3) is 0 Å². The van der Waals surface area contributed by atoms with Crippen molar-refractivity contribution < 1.29 is 9.59 Å². The summed E-state index contributed by atoms with van der Waals surface area (Å²) in [6.07, 6.45) is 0. The number of aryl methyl sites for hydroxylation is 2. The smallest absolute Gasteiger partial charge is 0.257 e. The van der Waals surface area contributed by atoms with Crippen molar-refractivity contribution in [2.45, 2.75) is 13.8 Å². The Balaban J connectivity index is 1.39. The van der Waals surface area contributed by atoms with Crippen LogP contribution in [0.4, 0.5) is 11.4 Å². The Labute approximate surface area is 205 Å². The first-order valence-corrected chi connectivity index (χ1v) is 11.7. The first kappa shape index (κ1) is 23.4. The van der Waals surface area contributed by atoms with Crippen molar-refractivity contribution in [2.24, 2.45) is 0 Å². The SMILES string of the molecule is Cc1ccc(C(=O)NC(=S)Nc2ccccc2N2CCN(C(=O)c3ccccc3)CC2)c(C)c1. The third-order valence-corrected chi connectivity index (χ3v) is 6.14. The molecule has 0 aliphatic carbocycles. The van der Waals surface area contributed by atoms with Gasteiger partial charge < -0.3 is 15.1 Å². The van der Waals surface area contributed by atoms with Crippen molar-refractivity contribution in [3.8, 4) is 0 Å². The maximum Gasteiger partial charge on any atom is 0.257 e. The molecule has 0 radical (unpaired) electrons. The molecule has 0 saturated carbocycles. The standard InChI is InChI=1S/C27H28N4O2S/c1-19-12-13-22(20(2)18-19)25(32)29-27(34)28-23-10-6-7-11-24(23)30-14-16-31(17-15-30)26(33)21-8-4-3-5-9-21/h3-13,18H,14-17H2,1-2H3,(H2,28,29,32,34). The molecule has 0 spiro atoms. The maximum absolute atomic E-state index is 12.8. The van der Waals surface area contributed by atoms with Crippen LogP contribution in [0.2, 0.25) is 0 Å². The predicted octanol–water partition coefficient (Wildman–Crippen LogP) is 4.39. The lowest BCUT2D eigenvalue weighted by atomic mass is 10.1. The molecule has 34 heavy (non-hydrogen) atoms. The van der Waals surface area contributed by atoms with Crippen LogP contribution in [-0.2, 0) is 0 Å². The quantitative estimate of drug-likeness (QED) is 0.552. The number of thiocarbonyl (C=S) groups is 1. The average molecular weight is 473 g/mol. The molecule has 1 fully saturated rings. The molecule has 0 aromatic heterocycles. The second kappa shape index (κ2) is 10.5. The van der Waals surface area contributed by atoms with Crippen LogP contribution in [0.3, 0.4) is 0 Å². The Morgan fingerprint density at radius 3 is 2.24 bits per heavy atom. The molecule has 0 unspecified atom stereocenters. The maximum atomic E-state index is 12.8. The Morgan fingerprint density at radius 1 is 0.853 bits per heavy atom. The molecule has 2 N–H and O–H groups in total. The summed E-state index contributed by atoms with van der Waals surface area (Å²) in [7, 11) is 0. The fraction of sp³-hybridized carbons (Fsp3) is 0.222. The zero-order valence-corrected chi connectivity index (χ0v) is 20.2. The van der Waals surface area contributed by atoms with Crippen LogP contribution in [0.1, 0.15) is 31.8 Å².